The molecule has 3 aromatic carbocycles. The Morgan fingerprint density at radius 2 is 1.56 bits per heavy atom. The van der Waals surface area contributed by atoms with E-state index in [1.165, 1.54) is 41.3 Å². The molecule has 0 fully saturated rings. The van der Waals surface area contributed by atoms with Crippen molar-refractivity contribution < 1.29 is 22.4 Å². The van der Waals surface area contributed by atoms with E-state index in [1.807, 2.05) is 27.7 Å². The van der Waals surface area contributed by atoms with E-state index in [4.69, 9.17) is 0 Å². The van der Waals surface area contributed by atoms with Crippen molar-refractivity contribution in [3.05, 3.63) is 95.3 Å². The molecule has 208 valence electrons. The molecule has 0 saturated carbocycles. The molecule has 3 aromatic rings. The summed E-state index contributed by atoms with van der Waals surface area (Å²) in [4.78, 5) is 28.3. The number of carbonyl (C=O) groups excluding carboxylic acids is 2. The van der Waals surface area contributed by atoms with Gasteiger partial charge in [-0.05, 0) is 87.2 Å². The maximum Gasteiger partial charge on any atom is 0.264 e. The van der Waals surface area contributed by atoms with Gasteiger partial charge in [0.15, 0.2) is 0 Å². The van der Waals surface area contributed by atoms with Crippen LogP contribution in [0.25, 0.3) is 0 Å². The molecular formula is C30H36FN3O4S. The fourth-order valence-corrected chi connectivity index (χ4v) is 5.39. The van der Waals surface area contributed by atoms with E-state index < -0.39 is 34.3 Å². The number of amides is 2. The van der Waals surface area contributed by atoms with E-state index >= 15 is 0 Å². The van der Waals surface area contributed by atoms with Crippen molar-refractivity contribution in [2.24, 2.45) is 0 Å². The zero-order valence-corrected chi connectivity index (χ0v) is 23.8. The second-order valence-electron chi connectivity index (χ2n) is 9.74. The first-order valence-electron chi connectivity index (χ1n) is 12.9. The zero-order chi connectivity index (χ0) is 28.7. The highest BCUT2D eigenvalue weighted by Gasteiger charge is 2.32. The molecular weight excluding hydrogens is 517 g/mol. The third kappa shape index (κ3) is 7.44. The van der Waals surface area contributed by atoms with E-state index in [-0.39, 0.29) is 23.4 Å². The highest BCUT2D eigenvalue weighted by Crippen LogP contribution is 2.26. The lowest BCUT2D eigenvalue weighted by atomic mass is 10.1. The number of nitrogens with one attached hydrogen (secondary N) is 1. The highest BCUT2D eigenvalue weighted by molar-refractivity contribution is 7.92. The van der Waals surface area contributed by atoms with Crippen molar-refractivity contribution >= 4 is 27.5 Å². The van der Waals surface area contributed by atoms with Crippen LogP contribution in [-0.4, -0.2) is 43.8 Å². The molecule has 0 aromatic heterocycles. The Labute approximate surface area is 230 Å². The molecule has 0 radical (unpaired) electrons. The van der Waals surface area contributed by atoms with Crippen LogP contribution >= 0.6 is 0 Å². The lowest BCUT2D eigenvalue weighted by Crippen LogP contribution is -2.52. The number of carbonyl (C=O) groups is 2. The molecule has 0 aliphatic carbocycles. The minimum absolute atomic E-state index is 0.000353. The fraction of sp³-hybridized carbons (Fsp3) is 0.333. The molecule has 3 rings (SSSR count). The lowest BCUT2D eigenvalue weighted by molar-refractivity contribution is -0.139. The smallest absolute Gasteiger partial charge is 0.264 e. The van der Waals surface area contributed by atoms with E-state index in [1.54, 1.807) is 43.3 Å². The summed E-state index contributed by atoms with van der Waals surface area (Å²) in [5.74, 6) is -1.35. The van der Waals surface area contributed by atoms with Crippen molar-refractivity contribution in [2.75, 3.05) is 10.8 Å². The SMILES string of the molecule is CC[C@@H](C)NC(=O)[C@@H](C)N(Cc1ccc(F)cc1)C(=O)CN(c1ccc(C)c(C)c1)S(=O)(=O)c1ccccc1. The molecule has 7 nitrogen and oxygen atoms in total. The number of benzene rings is 3. The van der Waals surface area contributed by atoms with Crippen LogP contribution in [0.1, 0.15) is 43.9 Å². The summed E-state index contributed by atoms with van der Waals surface area (Å²) in [6, 6.07) is 17.7. The molecule has 0 bridgehead atoms. The van der Waals surface area contributed by atoms with Gasteiger partial charge in [0.05, 0.1) is 10.6 Å². The molecule has 0 aliphatic rings. The summed E-state index contributed by atoms with van der Waals surface area (Å²) in [6.07, 6.45) is 0.709. The molecule has 0 unspecified atom stereocenters. The quantitative estimate of drug-likeness (QED) is 0.363. The van der Waals surface area contributed by atoms with Crippen LogP contribution in [0, 0.1) is 19.7 Å². The van der Waals surface area contributed by atoms with Crippen LogP contribution in [0.5, 0.6) is 0 Å². The van der Waals surface area contributed by atoms with E-state index in [9.17, 15) is 22.4 Å². The van der Waals surface area contributed by atoms with Crippen LogP contribution in [0.3, 0.4) is 0 Å². The number of nitrogens with zero attached hydrogens (tertiary/aromatic N) is 2. The van der Waals surface area contributed by atoms with Crippen molar-refractivity contribution in [1.82, 2.24) is 10.2 Å². The van der Waals surface area contributed by atoms with Gasteiger partial charge in [0.1, 0.15) is 18.4 Å². The number of sulfonamides is 1. The van der Waals surface area contributed by atoms with Crippen LogP contribution in [0.4, 0.5) is 10.1 Å². The summed E-state index contributed by atoms with van der Waals surface area (Å²) in [7, 11) is -4.12. The number of anilines is 1. The van der Waals surface area contributed by atoms with Gasteiger partial charge in [0, 0.05) is 12.6 Å². The second-order valence-corrected chi connectivity index (χ2v) is 11.6. The number of rotatable bonds is 11. The normalized spacial score (nSPS) is 12.9. The summed E-state index contributed by atoms with van der Waals surface area (Å²) in [6.45, 7) is 8.67. The monoisotopic (exact) mass is 553 g/mol. The number of aryl methyl sites for hydroxylation is 2. The summed E-state index contributed by atoms with van der Waals surface area (Å²) in [5.41, 5.74) is 2.80. The first kappa shape index (κ1) is 29.8. The van der Waals surface area contributed by atoms with Gasteiger partial charge in [-0.15, -0.1) is 0 Å². The minimum Gasteiger partial charge on any atom is -0.352 e. The first-order valence-corrected chi connectivity index (χ1v) is 14.4. The maximum absolute atomic E-state index is 13.9. The van der Waals surface area contributed by atoms with Crippen molar-refractivity contribution in [3.63, 3.8) is 0 Å². The van der Waals surface area contributed by atoms with Gasteiger partial charge in [0.25, 0.3) is 10.0 Å². The van der Waals surface area contributed by atoms with Crippen LogP contribution in [-0.2, 0) is 26.2 Å². The Bertz CT molecular complexity index is 1400. The summed E-state index contributed by atoms with van der Waals surface area (Å²) in [5, 5.41) is 2.89. The van der Waals surface area contributed by atoms with Crippen LogP contribution in [0.2, 0.25) is 0 Å². The molecule has 1 N–H and O–H groups in total. The van der Waals surface area contributed by atoms with Crippen LogP contribution < -0.4 is 9.62 Å². The van der Waals surface area contributed by atoms with E-state index in [2.05, 4.69) is 5.32 Å². The molecule has 2 amide bonds. The van der Waals surface area contributed by atoms with Crippen molar-refractivity contribution in [1.29, 1.82) is 0 Å². The number of hydrogen-bond acceptors (Lipinski definition) is 4. The lowest BCUT2D eigenvalue weighted by Gasteiger charge is -2.32. The van der Waals surface area contributed by atoms with Crippen molar-refractivity contribution in [2.45, 2.75) is 64.6 Å². The molecule has 2 atom stereocenters. The van der Waals surface area contributed by atoms with E-state index in [0.29, 0.717) is 17.7 Å². The molecule has 39 heavy (non-hydrogen) atoms. The molecule has 0 heterocycles. The fourth-order valence-electron chi connectivity index (χ4n) is 3.96. The van der Waals surface area contributed by atoms with Gasteiger partial charge in [-0.1, -0.05) is 43.3 Å². The van der Waals surface area contributed by atoms with Gasteiger partial charge < -0.3 is 10.2 Å². The van der Waals surface area contributed by atoms with Gasteiger partial charge >= 0.3 is 0 Å². The third-order valence-corrected chi connectivity index (χ3v) is 8.61. The number of halogens is 1. The van der Waals surface area contributed by atoms with Gasteiger partial charge in [-0.2, -0.15) is 0 Å². The average molecular weight is 554 g/mol. The largest absolute Gasteiger partial charge is 0.352 e. The standard InChI is InChI=1S/C30H36FN3O4S/c1-6-23(4)32-30(36)24(5)33(19-25-13-15-26(31)16-14-25)29(35)20-34(27-17-12-21(2)22(3)18-27)39(37,38)28-10-8-7-9-11-28/h7-18,23-24H,6,19-20H2,1-5H3,(H,32,36)/t23-,24-/m1/s1. The van der Waals surface area contributed by atoms with Crippen LogP contribution in [0.15, 0.2) is 77.7 Å². The predicted molar refractivity (Wildman–Crippen MR) is 151 cm³/mol. The number of hydrogen-bond donors (Lipinski definition) is 1. The minimum atomic E-state index is -4.12. The molecule has 0 saturated heterocycles. The molecule has 0 aliphatic heterocycles. The first-order chi connectivity index (χ1) is 18.4. The maximum atomic E-state index is 13.9. The Kier molecular flexibility index (Phi) is 9.86. The van der Waals surface area contributed by atoms with Crippen molar-refractivity contribution in [3.8, 4) is 0 Å². The highest BCUT2D eigenvalue weighted by atomic mass is 32.2. The van der Waals surface area contributed by atoms with Gasteiger partial charge in [-0.3, -0.25) is 13.9 Å². The predicted octanol–water partition coefficient (Wildman–Crippen LogP) is 4.97. The average Bonchev–Trinajstić information content (AvgIpc) is 2.92. The topological polar surface area (TPSA) is 86.8 Å². The Morgan fingerprint density at radius 3 is 2.15 bits per heavy atom. The summed E-state index contributed by atoms with van der Waals surface area (Å²) >= 11 is 0. The Balaban J connectivity index is 2.03. The van der Waals surface area contributed by atoms with Gasteiger partial charge in [0.2, 0.25) is 11.8 Å². The summed E-state index contributed by atoms with van der Waals surface area (Å²) < 4.78 is 42.2. The zero-order valence-electron chi connectivity index (χ0n) is 23.0. The van der Waals surface area contributed by atoms with Gasteiger partial charge in [-0.25, -0.2) is 12.8 Å². The van der Waals surface area contributed by atoms with E-state index in [0.717, 1.165) is 15.4 Å². The second kappa shape index (κ2) is 12.9. The Morgan fingerprint density at radius 1 is 0.923 bits per heavy atom. The third-order valence-electron chi connectivity index (χ3n) is 6.82. The Hall–Kier alpha value is -3.72. The molecule has 9 heteroatoms. The molecule has 0 spiro atoms.